The number of benzene rings is 2. The topological polar surface area (TPSA) is 94.4 Å². The predicted molar refractivity (Wildman–Crippen MR) is 116 cm³/mol. The van der Waals surface area contributed by atoms with Crippen LogP contribution in [0.15, 0.2) is 71.2 Å². The first-order valence-electron chi connectivity index (χ1n) is 9.62. The molecule has 3 aromatic rings. The van der Waals surface area contributed by atoms with Crippen LogP contribution in [0.1, 0.15) is 16.2 Å². The van der Waals surface area contributed by atoms with Gasteiger partial charge in [-0.25, -0.2) is 17.1 Å². The minimum Gasteiger partial charge on any atom is -0.483 e. The average Bonchev–Trinajstić information content (AvgIpc) is 3.25. The van der Waals surface area contributed by atoms with Crippen LogP contribution < -0.4 is 4.74 Å². The molecule has 2 heterocycles. The Kier molecular flexibility index (Phi) is 6.28. The first-order chi connectivity index (χ1) is 15.4. The third-order valence-electron chi connectivity index (χ3n) is 4.74. The van der Waals surface area contributed by atoms with Gasteiger partial charge in [-0.2, -0.15) is 0 Å². The van der Waals surface area contributed by atoms with Crippen molar-refractivity contribution in [2.45, 2.75) is 23.2 Å². The second-order valence-corrected chi connectivity index (χ2v) is 9.64. The molecule has 11 heteroatoms. The Morgan fingerprint density at radius 2 is 1.88 bits per heavy atom. The Morgan fingerprint density at radius 3 is 2.62 bits per heavy atom. The summed E-state index contributed by atoms with van der Waals surface area (Å²) in [6.07, 6.45) is 1.66. The van der Waals surface area contributed by atoms with Crippen molar-refractivity contribution < 1.29 is 22.3 Å². The van der Waals surface area contributed by atoms with E-state index in [-0.39, 0.29) is 35.1 Å². The highest BCUT2D eigenvalue weighted by Gasteiger charge is 2.40. The third kappa shape index (κ3) is 4.13. The van der Waals surface area contributed by atoms with Crippen LogP contribution in [0.25, 0.3) is 0 Å². The number of nitrogens with zero attached hydrogens (tertiary/aromatic N) is 4. The Bertz CT molecular complexity index is 1280. The van der Waals surface area contributed by atoms with Gasteiger partial charge in [-0.3, -0.25) is 9.36 Å². The Hall–Kier alpha value is -3.18. The van der Waals surface area contributed by atoms with Gasteiger partial charge in [0.05, 0.1) is 5.56 Å². The standard InChI is InChI=1S/C21H19FN4O4S2/c1-2-11-25-19(14-30-17-9-5-4-8-16(17)22)23-24-21(25)31-13-12-26-20(27)15-7-3-6-10-18(15)32(26,28)29/h2-10H,1,11-14H2. The van der Waals surface area contributed by atoms with E-state index in [1.807, 2.05) is 0 Å². The Morgan fingerprint density at radius 1 is 1.12 bits per heavy atom. The van der Waals surface area contributed by atoms with Crippen molar-refractivity contribution in [3.05, 3.63) is 78.4 Å². The molecule has 0 fully saturated rings. The van der Waals surface area contributed by atoms with E-state index in [2.05, 4.69) is 16.8 Å². The summed E-state index contributed by atoms with van der Waals surface area (Å²) in [7, 11) is -3.85. The van der Waals surface area contributed by atoms with Crippen molar-refractivity contribution in [1.29, 1.82) is 0 Å². The number of fused-ring (bicyclic) bond motifs is 1. The fourth-order valence-electron chi connectivity index (χ4n) is 3.22. The SMILES string of the molecule is C=CCn1c(COc2ccccc2F)nnc1SCCN1C(=O)c2ccccc2S1(=O)=O. The highest BCUT2D eigenvalue weighted by Crippen LogP contribution is 2.30. The number of rotatable bonds is 9. The molecular formula is C21H19FN4O4S2. The van der Waals surface area contributed by atoms with Crippen molar-refractivity contribution in [2.75, 3.05) is 12.3 Å². The lowest BCUT2D eigenvalue weighted by Crippen LogP contribution is -2.32. The molecule has 4 rings (SSSR count). The number of carbonyl (C=O) groups is 1. The molecule has 0 atom stereocenters. The van der Waals surface area contributed by atoms with Crippen LogP contribution >= 0.6 is 11.8 Å². The van der Waals surface area contributed by atoms with Crippen LogP contribution in [-0.2, 0) is 23.2 Å². The molecule has 2 aromatic carbocycles. The lowest BCUT2D eigenvalue weighted by atomic mass is 10.2. The molecule has 0 saturated heterocycles. The number of hydrogen-bond acceptors (Lipinski definition) is 7. The van der Waals surface area contributed by atoms with Gasteiger partial charge in [0, 0.05) is 18.8 Å². The highest BCUT2D eigenvalue weighted by molar-refractivity contribution is 7.99. The van der Waals surface area contributed by atoms with Gasteiger partial charge in [0.25, 0.3) is 15.9 Å². The molecule has 1 amide bonds. The van der Waals surface area contributed by atoms with Gasteiger partial charge in [-0.1, -0.05) is 42.1 Å². The molecule has 0 radical (unpaired) electrons. The molecule has 0 spiro atoms. The van der Waals surface area contributed by atoms with E-state index in [9.17, 15) is 17.6 Å². The van der Waals surface area contributed by atoms with Gasteiger partial charge < -0.3 is 4.74 Å². The summed E-state index contributed by atoms with van der Waals surface area (Å²) >= 11 is 1.25. The van der Waals surface area contributed by atoms with E-state index >= 15 is 0 Å². The number of allylic oxidation sites excluding steroid dienone is 1. The zero-order valence-electron chi connectivity index (χ0n) is 16.8. The number of ether oxygens (including phenoxy) is 1. The van der Waals surface area contributed by atoms with E-state index in [1.165, 1.54) is 36.0 Å². The summed E-state index contributed by atoms with van der Waals surface area (Å²) in [5.74, 6) is -0.162. The molecule has 1 aliphatic heterocycles. The minimum absolute atomic E-state index is 0.00334. The Labute approximate surface area is 188 Å². The monoisotopic (exact) mass is 474 g/mol. The van der Waals surface area contributed by atoms with Gasteiger partial charge in [-0.05, 0) is 24.3 Å². The maximum absolute atomic E-state index is 13.8. The number of thioether (sulfide) groups is 1. The zero-order chi connectivity index (χ0) is 22.7. The molecule has 0 aliphatic carbocycles. The fourth-order valence-corrected chi connectivity index (χ4v) is 5.80. The molecule has 0 bridgehead atoms. The lowest BCUT2D eigenvalue weighted by Gasteiger charge is -2.14. The summed E-state index contributed by atoms with van der Waals surface area (Å²) in [6, 6.07) is 12.2. The van der Waals surface area contributed by atoms with Gasteiger partial charge in [-0.15, -0.1) is 16.8 Å². The first-order valence-corrected chi connectivity index (χ1v) is 12.0. The number of para-hydroxylation sites is 1. The molecule has 32 heavy (non-hydrogen) atoms. The van der Waals surface area contributed by atoms with Crippen molar-refractivity contribution in [2.24, 2.45) is 0 Å². The zero-order valence-corrected chi connectivity index (χ0v) is 18.5. The molecular weight excluding hydrogens is 455 g/mol. The number of amides is 1. The van der Waals surface area contributed by atoms with E-state index in [0.29, 0.717) is 17.5 Å². The normalized spacial score (nSPS) is 14.4. The van der Waals surface area contributed by atoms with Crippen LogP contribution in [0.3, 0.4) is 0 Å². The lowest BCUT2D eigenvalue weighted by molar-refractivity contribution is 0.0876. The van der Waals surface area contributed by atoms with Crippen molar-refractivity contribution in [3.8, 4) is 5.75 Å². The number of sulfonamides is 1. The fraction of sp³-hybridized carbons (Fsp3) is 0.190. The third-order valence-corrected chi connectivity index (χ3v) is 7.52. The second kappa shape index (κ2) is 9.13. The van der Waals surface area contributed by atoms with Crippen LogP contribution in [-0.4, -0.2) is 45.7 Å². The van der Waals surface area contributed by atoms with E-state index in [0.717, 1.165) is 4.31 Å². The predicted octanol–water partition coefficient (Wildman–Crippen LogP) is 3.12. The van der Waals surface area contributed by atoms with Crippen molar-refractivity contribution >= 4 is 27.7 Å². The summed E-state index contributed by atoms with van der Waals surface area (Å²) in [5.41, 5.74) is 0.180. The molecule has 1 aromatic heterocycles. The van der Waals surface area contributed by atoms with Crippen molar-refractivity contribution in [3.63, 3.8) is 0 Å². The smallest absolute Gasteiger partial charge is 0.269 e. The summed E-state index contributed by atoms with van der Waals surface area (Å²) in [4.78, 5) is 12.5. The summed E-state index contributed by atoms with van der Waals surface area (Å²) in [5, 5.41) is 8.75. The van der Waals surface area contributed by atoms with Crippen LogP contribution in [0.2, 0.25) is 0 Å². The van der Waals surface area contributed by atoms with Crippen molar-refractivity contribution in [1.82, 2.24) is 19.1 Å². The quantitative estimate of drug-likeness (QED) is 0.347. The summed E-state index contributed by atoms with van der Waals surface area (Å²) in [6.45, 7) is 4.10. The van der Waals surface area contributed by atoms with Gasteiger partial charge >= 0.3 is 0 Å². The van der Waals surface area contributed by atoms with E-state index in [4.69, 9.17) is 4.74 Å². The maximum atomic E-state index is 13.8. The molecule has 0 saturated carbocycles. The Balaban J connectivity index is 1.43. The van der Waals surface area contributed by atoms with Gasteiger partial charge in [0.1, 0.15) is 11.5 Å². The molecule has 8 nitrogen and oxygen atoms in total. The first kappa shape index (κ1) is 22.0. The van der Waals surface area contributed by atoms with Gasteiger partial charge in [0.2, 0.25) is 0 Å². The molecule has 0 unspecified atom stereocenters. The number of halogens is 1. The highest BCUT2D eigenvalue weighted by atomic mass is 32.2. The number of aromatic nitrogens is 3. The van der Waals surface area contributed by atoms with Crippen LogP contribution in [0.5, 0.6) is 5.75 Å². The maximum Gasteiger partial charge on any atom is 0.269 e. The average molecular weight is 475 g/mol. The number of carbonyl (C=O) groups excluding carboxylic acids is 1. The largest absolute Gasteiger partial charge is 0.483 e. The minimum atomic E-state index is -3.85. The van der Waals surface area contributed by atoms with Gasteiger partial charge in [0.15, 0.2) is 22.5 Å². The van der Waals surface area contributed by atoms with Crippen LogP contribution in [0.4, 0.5) is 4.39 Å². The van der Waals surface area contributed by atoms with Crippen LogP contribution in [0, 0.1) is 5.82 Å². The molecule has 166 valence electrons. The molecule has 1 aliphatic rings. The summed E-state index contributed by atoms with van der Waals surface area (Å²) < 4.78 is 47.2. The number of hydrogen-bond donors (Lipinski definition) is 0. The second-order valence-electron chi connectivity index (χ2n) is 6.74. The molecule has 0 N–H and O–H groups in total. The van der Waals surface area contributed by atoms with E-state index < -0.39 is 21.7 Å². The van der Waals surface area contributed by atoms with E-state index in [1.54, 1.807) is 34.9 Å².